The van der Waals surface area contributed by atoms with Gasteiger partial charge in [-0.15, -0.1) is 0 Å². The number of carbonyl (C=O) groups excluding carboxylic acids is 1. The minimum atomic E-state index is -0.173. The van der Waals surface area contributed by atoms with Crippen LogP contribution in [0, 0.1) is 5.92 Å². The van der Waals surface area contributed by atoms with Gasteiger partial charge in [-0.3, -0.25) is 0 Å². The van der Waals surface area contributed by atoms with Gasteiger partial charge in [0, 0.05) is 6.54 Å². The highest BCUT2D eigenvalue weighted by molar-refractivity contribution is 5.74. The van der Waals surface area contributed by atoms with Crippen LogP contribution in [0.1, 0.15) is 58.2 Å². The Labute approximate surface area is 148 Å². The normalized spacial score (nSPS) is 21.4. The second kappa shape index (κ2) is 6.90. The molecule has 0 unspecified atom stereocenters. The van der Waals surface area contributed by atoms with Crippen LogP contribution < -0.4 is 5.32 Å². The van der Waals surface area contributed by atoms with Crippen LogP contribution in [0.25, 0.3) is 0 Å². The van der Waals surface area contributed by atoms with Crippen LogP contribution in [0.4, 0.5) is 4.79 Å². The molecule has 3 rings (SSSR count). The summed E-state index contributed by atoms with van der Waals surface area (Å²) in [7, 11) is 0. The van der Waals surface area contributed by atoms with Gasteiger partial charge in [0.25, 0.3) is 0 Å². The van der Waals surface area contributed by atoms with Gasteiger partial charge < -0.3 is 14.6 Å². The summed E-state index contributed by atoms with van der Waals surface area (Å²) in [5, 5.41) is 7.27. The molecule has 2 atom stereocenters. The average Bonchev–Trinajstić information content (AvgIpc) is 3.23. The van der Waals surface area contributed by atoms with E-state index in [0.29, 0.717) is 12.5 Å². The highest BCUT2D eigenvalue weighted by Gasteiger charge is 2.33. The monoisotopic (exact) mass is 345 g/mol. The Balaban J connectivity index is 1.69. The Kier molecular flexibility index (Phi) is 4.83. The summed E-state index contributed by atoms with van der Waals surface area (Å²) in [4.78, 5) is 18.9. The molecular weight excluding hydrogens is 318 g/mol. The van der Waals surface area contributed by atoms with E-state index in [-0.39, 0.29) is 17.6 Å². The Morgan fingerprint density at radius 3 is 2.92 bits per heavy atom. The standard InChI is InChI=1S/C18H27N5O2/c1-13-7-8-22(14(10-13)15-6-5-9-25-15)17(24)19-11-16-20-12-21-23(16)18(2,3)4/h5-6,9,12-14H,7-8,10-11H2,1-4H3,(H,19,24)/t13-,14-/m0/s1. The number of furan rings is 1. The number of hydrogen-bond acceptors (Lipinski definition) is 4. The number of rotatable bonds is 3. The van der Waals surface area contributed by atoms with Crippen molar-refractivity contribution >= 4 is 6.03 Å². The molecule has 1 aliphatic heterocycles. The predicted molar refractivity (Wildman–Crippen MR) is 93.8 cm³/mol. The van der Waals surface area contributed by atoms with E-state index in [2.05, 4.69) is 43.1 Å². The molecule has 7 nitrogen and oxygen atoms in total. The third kappa shape index (κ3) is 3.86. The number of amides is 2. The van der Waals surface area contributed by atoms with Gasteiger partial charge in [0.1, 0.15) is 17.9 Å². The number of aromatic nitrogens is 3. The molecule has 0 spiro atoms. The summed E-state index contributed by atoms with van der Waals surface area (Å²) in [6, 6.07) is 3.71. The van der Waals surface area contributed by atoms with E-state index >= 15 is 0 Å². The lowest BCUT2D eigenvalue weighted by Crippen LogP contribution is -2.46. The van der Waals surface area contributed by atoms with Crippen LogP contribution in [-0.2, 0) is 12.1 Å². The molecule has 1 fully saturated rings. The third-order valence-electron chi connectivity index (χ3n) is 4.65. The first kappa shape index (κ1) is 17.5. The predicted octanol–water partition coefficient (Wildman–Crippen LogP) is 3.31. The van der Waals surface area contributed by atoms with Crippen LogP contribution in [0.15, 0.2) is 29.1 Å². The molecule has 1 aliphatic rings. The Hall–Kier alpha value is -2.31. The lowest BCUT2D eigenvalue weighted by atomic mass is 9.91. The number of nitrogens with zero attached hydrogens (tertiary/aromatic N) is 4. The van der Waals surface area contributed by atoms with Gasteiger partial charge in [0.15, 0.2) is 0 Å². The fraction of sp³-hybridized carbons (Fsp3) is 0.611. The lowest BCUT2D eigenvalue weighted by Gasteiger charge is -2.37. The molecule has 25 heavy (non-hydrogen) atoms. The first-order valence-corrected chi connectivity index (χ1v) is 8.83. The van der Waals surface area contributed by atoms with Gasteiger partial charge >= 0.3 is 6.03 Å². The maximum atomic E-state index is 12.8. The van der Waals surface area contributed by atoms with Crippen LogP contribution in [-0.4, -0.2) is 32.2 Å². The zero-order valence-corrected chi connectivity index (χ0v) is 15.4. The van der Waals surface area contributed by atoms with Crippen LogP contribution in [0.3, 0.4) is 0 Å². The molecular formula is C18H27N5O2. The maximum Gasteiger partial charge on any atom is 0.318 e. The fourth-order valence-electron chi connectivity index (χ4n) is 3.34. The molecule has 1 saturated heterocycles. The number of hydrogen-bond donors (Lipinski definition) is 1. The molecule has 0 aliphatic carbocycles. The molecule has 0 saturated carbocycles. The van der Waals surface area contributed by atoms with E-state index < -0.39 is 0 Å². The van der Waals surface area contributed by atoms with Crippen molar-refractivity contribution in [1.29, 1.82) is 0 Å². The van der Waals surface area contributed by atoms with Crippen LogP contribution in [0.5, 0.6) is 0 Å². The zero-order valence-electron chi connectivity index (χ0n) is 15.4. The number of urea groups is 1. The largest absolute Gasteiger partial charge is 0.467 e. The van der Waals surface area contributed by atoms with Gasteiger partial charge in [-0.25, -0.2) is 14.5 Å². The van der Waals surface area contributed by atoms with Crippen molar-refractivity contribution in [3.05, 3.63) is 36.3 Å². The first-order valence-electron chi connectivity index (χ1n) is 8.83. The van der Waals surface area contributed by atoms with E-state index in [1.165, 1.54) is 6.33 Å². The van der Waals surface area contributed by atoms with Gasteiger partial charge in [0.2, 0.25) is 0 Å². The van der Waals surface area contributed by atoms with E-state index in [1.807, 2.05) is 21.7 Å². The average molecular weight is 345 g/mol. The number of piperidine rings is 1. The number of likely N-dealkylation sites (tertiary alicyclic amines) is 1. The molecule has 1 N–H and O–H groups in total. The summed E-state index contributed by atoms with van der Waals surface area (Å²) in [5.74, 6) is 2.17. The van der Waals surface area contributed by atoms with Crippen molar-refractivity contribution in [2.24, 2.45) is 5.92 Å². The second-order valence-corrected chi connectivity index (χ2v) is 7.77. The summed E-state index contributed by atoms with van der Waals surface area (Å²) in [6.07, 6.45) is 5.11. The third-order valence-corrected chi connectivity index (χ3v) is 4.65. The van der Waals surface area contributed by atoms with E-state index in [1.54, 1.807) is 6.26 Å². The Morgan fingerprint density at radius 2 is 2.24 bits per heavy atom. The highest BCUT2D eigenvalue weighted by Crippen LogP contribution is 2.34. The van der Waals surface area contributed by atoms with Crippen molar-refractivity contribution in [3.8, 4) is 0 Å². The van der Waals surface area contributed by atoms with Gasteiger partial charge in [0.05, 0.1) is 24.4 Å². The Bertz CT molecular complexity index is 701. The van der Waals surface area contributed by atoms with E-state index in [9.17, 15) is 4.79 Å². The molecule has 7 heteroatoms. The molecule has 0 aromatic carbocycles. The minimum Gasteiger partial charge on any atom is -0.467 e. The first-order chi connectivity index (χ1) is 11.9. The zero-order chi connectivity index (χ0) is 18.0. The van der Waals surface area contributed by atoms with Gasteiger partial charge in [-0.05, 0) is 51.7 Å². The quantitative estimate of drug-likeness (QED) is 0.926. The summed E-state index contributed by atoms with van der Waals surface area (Å²) >= 11 is 0. The molecule has 136 valence electrons. The molecule has 0 bridgehead atoms. The van der Waals surface area contributed by atoms with Crippen molar-refractivity contribution < 1.29 is 9.21 Å². The molecule has 3 heterocycles. The number of carbonyl (C=O) groups is 1. The summed E-state index contributed by atoms with van der Waals surface area (Å²) in [6.45, 7) is 9.48. The van der Waals surface area contributed by atoms with E-state index in [0.717, 1.165) is 31.0 Å². The van der Waals surface area contributed by atoms with E-state index in [4.69, 9.17) is 4.42 Å². The van der Waals surface area contributed by atoms with Gasteiger partial charge in [-0.2, -0.15) is 5.10 Å². The molecule has 0 radical (unpaired) electrons. The number of nitrogens with one attached hydrogen (secondary N) is 1. The summed E-state index contributed by atoms with van der Waals surface area (Å²) < 4.78 is 7.41. The molecule has 2 aromatic rings. The van der Waals surface area contributed by atoms with Crippen molar-refractivity contribution in [1.82, 2.24) is 25.0 Å². The summed E-state index contributed by atoms with van der Waals surface area (Å²) in [5.41, 5.74) is -0.173. The topological polar surface area (TPSA) is 76.2 Å². The molecule has 2 amide bonds. The SMILES string of the molecule is C[C@H]1CCN(C(=O)NCc2ncnn2C(C)(C)C)[C@H](c2ccco2)C1. The van der Waals surface area contributed by atoms with Crippen molar-refractivity contribution in [2.45, 2.75) is 58.7 Å². The second-order valence-electron chi connectivity index (χ2n) is 7.77. The van der Waals surface area contributed by atoms with Crippen LogP contribution in [0.2, 0.25) is 0 Å². The smallest absolute Gasteiger partial charge is 0.318 e. The van der Waals surface area contributed by atoms with Crippen molar-refractivity contribution in [2.75, 3.05) is 6.54 Å². The molecule has 2 aromatic heterocycles. The van der Waals surface area contributed by atoms with Crippen molar-refractivity contribution in [3.63, 3.8) is 0 Å². The van der Waals surface area contributed by atoms with Gasteiger partial charge in [-0.1, -0.05) is 6.92 Å². The minimum absolute atomic E-state index is 0.0146. The fourth-order valence-corrected chi connectivity index (χ4v) is 3.34. The lowest BCUT2D eigenvalue weighted by molar-refractivity contribution is 0.119. The highest BCUT2D eigenvalue weighted by atomic mass is 16.3. The maximum absolute atomic E-state index is 12.8. The Morgan fingerprint density at radius 1 is 1.44 bits per heavy atom. The van der Waals surface area contributed by atoms with Crippen LogP contribution >= 0.6 is 0 Å².